The Kier molecular flexibility index (Phi) is 7.12. The van der Waals surface area contributed by atoms with Crippen LogP contribution in [-0.2, 0) is 22.6 Å². The van der Waals surface area contributed by atoms with Crippen molar-refractivity contribution in [2.24, 2.45) is 0 Å². The van der Waals surface area contributed by atoms with Crippen molar-refractivity contribution < 1.29 is 31.1 Å². The van der Waals surface area contributed by atoms with E-state index in [0.717, 1.165) is 5.56 Å². The molecule has 1 aromatic heterocycles. The van der Waals surface area contributed by atoms with Crippen LogP contribution in [0, 0.1) is 0 Å². The van der Waals surface area contributed by atoms with Crippen LogP contribution in [0.1, 0.15) is 54.2 Å². The zero-order valence-electron chi connectivity index (χ0n) is 19.7. The van der Waals surface area contributed by atoms with E-state index in [-0.39, 0.29) is 30.2 Å². The van der Waals surface area contributed by atoms with Crippen LogP contribution < -0.4 is 16.7 Å². The van der Waals surface area contributed by atoms with Gasteiger partial charge in [-0.25, -0.2) is 9.89 Å². The molecule has 1 saturated heterocycles. The maximum absolute atomic E-state index is 13.3. The number of aromatic nitrogens is 3. The molecule has 4 N–H and O–H groups in total. The molecule has 4 rings (SSSR count). The number of halogens is 6. The van der Waals surface area contributed by atoms with Gasteiger partial charge in [-0.15, -0.1) is 5.10 Å². The third kappa shape index (κ3) is 5.67. The summed E-state index contributed by atoms with van der Waals surface area (Å²) in [5, 5.41) is 9.39. The van der Waals surface area contributed by atoms with Crippen LogP contribution in [0.3, 0.4) is 0 Å². The van der Waals surface area contributed by atoms with Crippen molar-refractivity contribution in [3.8, 4) is 0 Å². The normalized spacial score (nSPS) is 21.6. The lowest BCUT2D eigenvalue weighted by Crippen LogP contribution is -2.53. The summed E-state index contributed by atoms with van der Waals surface area (Å²) in [5.41, 5.74) is 2.35. The molecule has 200 valence electrons. The van der Waals surface area contributed by atoms with Crippen LogP contribution in [0.15, 0.2) is 53.3 Å². The number of H-pyrrole nitrogens is 1. The summed E-state index contributed by atoms with van der Waals surface area (Å²) in [5.74, 6) is 0.0406. The molecule has 3 atom stereocenters. The average Bonchev–Trinajstić information content (AvgIpc) is 3.19. The summed E-state index contributed by atoms with van der Waals surface area (Å²) < 4.78 is 87.1. The first-order chi connectivity index (χ1) is 17.3. The van der Waals surface area contributed by atoms with Gasteiger partial charge in [0.2, 0.25) is 5.95 Å². The Bertz CT molecular complexity index is 1250. The van der Waals surface area contributed by atoms with Gasteiger partial charge in [0.05, 0.1) is 35.4 Å². The second kappa shape index (κ2) is 9.86. The maximum Gasteiger partial charge on any atom is 0.416 e. The van der Waals surface area contributed by atoms with Crippen LogP contribution >= 0.6 is 0 Å². The summed E-state index contributed by atoms with van der Waals surface area (Å²) in [6.45, 7) is 1.67. The van der Waals surface area contributed by atoms with E-state index in [1.165, 1.54) is 11.5 Å². The highest BCUT2D eigenvalue weighted by atomic mass is 19.4. The molecule has 2 aromatic carbocycles. The minimum Gasteiger partial charge on any atom is -0.372 e. The fourth-order valence-electron chi connectivity index (χ4n) is 4.59. The summed E-state index contributed by atoms with van der Waals surface area (Å²) in [7, 11) is 0. The van der Waals surface area contributed by atoms with Crippen LogP contribution in [0.25, 0.3) is 0 Å². The van der Waals surface area contributed by atoms with Crippen LogP contribution in [-0.4, -0.2) is 27.9 Å². The smallest absolute Gasteiger partial charge is 0.372 e. The molecular formula is C24H25F6N5O2. The predicted molar refractivity (Wildman–Crippen MR) is 122 cm³/mol. The van der Waals surface area contributed by atoms with E-state index in [4.69, 9.17) is 10.5 Å². The fourth-order valence-corrected chi connectivity index (χ4v) is 4.59. The van der Waals surface area contributed by atoms with E-state index in [1.807, 2.05) is 30.3 Å². The van der Waals surface area contributed by atoms with Crippen molar-refractivity contribution in [3.05, 3.63) is 81.3 Å². The molecule has 3 aromatic rings. The third-order valence-corrected chi connectivity index (χ3v) is 6.66. The zero-order valence-corrected chi connectivity index (χ0v) is 19.7. The van der Waals surface area contributed by atoms with Crippen LogP contribution in [0.4, 0.5) is 32.3 Å². The molecular weight excluding hydrogens is 504 g/mol. The summed E-state index contributed by atoms with van der Waals surface area (Å²) in [6, 6.07) is 10.3. The first-order valence-corrected chi connectivity index (χ1v) is 11.4. The van der Waals surface area contributed by atoms with Crippen molar-refractivity contribution in [3.63, 3.8) is 0 Å². The first kappa shape index (κ1) is 26.7. The third-order valence-electron chi connectivity index (χ3n) is 6.66. The summed E-state index contributed by atoms with van der Waals surface area (Å²) in [4.78, 5) is 12.1. The van der Waals surface area contributed by atoms with E-state index in [2.05, 4.69) is 15.5 Å². The molecule has 0 bridgehead atoms. The first-order valence-electron chi connectivity index (χ1n) is 11.4. The topological polar surface area (TPSA) is 98.0 Å². The highest BCUT2D eigenvalue weighted by Gasteiger charge is 2.40. The molecule has 2 heterocycles. The molecule has 0 radical (unpaired) electrons. The predicted octanol–water partition coefficient (Wildman–Crippen LogP) is 4.79. The SMILES string of the molecule is C[C@@H](OC[C@@]1(c2ccccc2)CC[C@H](n2c(N)n[nH]c2=O)CN1)c1cc(C(F)(F)F)cc(C(F)(F)F)c1. The monoisotopic (exact) mass is 529 g/mol. The van der Waals surface area contributed by atoms with Crippen molar-refractivity contribution >= 4 is 5.95 Å². The van der Waals surface area contributed by atoms with E-state index in [0.29, 0.717) is 31.5 Å². The highest BCUT2D eigenvalue weighted by molar-refractivity contribution is 5.35. The molecule has 1 aliphatic rings. The lowest BCUT2D eigenvalue weighted by molar-refractivity contribution is -0.143. The molecule has 37 heavy (non-hydrogen) atoms. The Balaban J connectivity index is 1.59. The van der Waals surface area contributed by atoms with Crippen LogP contribution in [0.2, 0.25) is 0 Å². The Morgan fingerprint density at radius 1 is 1.11 bits per heavy atom. The van der Waals surface area contributed by atoms with E-state index in [9.17, 15) is 31.1 Å². The van der Waals surface area contributed by atoms with Crippen LogP contribution in [0.5, 0.6) is 0 Å². The molecule has 0 unspecified atom stereocenters. The van der Waals surface area contributed by atoms with Crippen molar-refractivity contribution in [1.29, 1.82) is 0 Å². The molecule has 7 nitrogen and oxygen atoms in total. The van der Waals surface area contributed by atoms with Crippen molar-refractivity contribution in [1.82, 2.24) is 20.1 Å². The largest absolute Gasteiger partial charge is 0.416 e. The second-order valence-corrected chi connectivity index (χ2v) is 9.07. The number of hydrogen-bond donors (Lipinski definition) is 3. The van der Waals surface area contributed by atoms with Gasteiger partial charge in [-0.05, 0) is 49.1 Å². The Hall–Kier alpha value is -3.32. The van der Waals surface area contributed by atoms with Gasteiger partial charge in [-0.2, -0.15) is 26.3 Å². The molecule has 0 spiro atoms. The lowest BCUT2D eigenvalue weighted by atomic mass is 9.81. The maximum atomic E-state index is 13.3. The fraction of sp³-hybridized carbons (Fsp3) is 0.417. The van der Waals surface area contributed by atoms with Gasteiger partial charge < -0.3 is 15.8 Å². The summed E-state index contributed by atoms with van der Waals surface area (Å²) >= 11 is 0. The van der Waals surface area contributed by atoms with Gasteiger partial charge in [-0.3, -0.25) is 4.57 Å². The van der Waals surface area contributed by atoms with E-state index >= 15 is 0 Å². The Labute approximate surface area is 207 Å². The number of ether oxygens (including phenoxy) is 1. The van der Waals surface area contributed by atoms with Gasteiger partial charge in [0.25, 0.3) is 0 Å². The van der Waals surface area contributed by atoms with Gasteiger partial charge in [0.15, 0.2) is 0 Å². The van der Waals surface area contributed by atoms with Crippen molar-refractivity contribution in [2.45, 2.75) is 49.8 Å². The second-order valence-electron chi connectivity index (χ2n) is 9.07. The molecule has 1 fully saturated rings. The van der Waals surface area contributed by atoms with Gasteiger partial charge in [0, 0.05) is 6.54 Å². The number of nitrogens with zero attached hydrogens (tertiary/aromatic N) is 2. The van der Waals surface area contributed by atoms with Gasteiger partial charge in [-0.1, -0.05) is 30.3 Å². The molecule has 0 amide bonds. The lowest BCUT2D eigenvalue weighted by Gasteiger charge is -2.42. The number of aromatic amines is 1. The van der Waals surface area contributed by atoms with Crippen molar-refractivity contribution in [2.75, 3.05) is 18.9 Å². The molecule has 0 saturated carbocycles. The van der Waals surface area contributed by atoms with Gasteiger partial charge in [0.1, 0.15) is 0 Å². The highest BCUT2D eigenvalue weighted by Crippen LogP contribution is 2.39. The Morgan fingerprint density at radius 2 is 1.73 bits per heavy atom. The van der Waals surface area contributed by atoms with Gasteiger partial charge >= 0.3 is 18.0 Å². The zero-order chi connectivity index (χ0) is 27.0. The number of piperidine rings is 1. The van der Waals surface area contributed by atoms with E-state index < -0.39 is 40.8 Å². The van der Waals surface area contributed by atoms with E-state index in [1.54, 1.807) is 0 Å². The number of alkyl halides is 6. The average molecular weight is 529 g/mol. The number of nitrogens with one attached hydrogen (secondary N) is 2. The summed E-state index contributed by atoms with van der Waals surface area (Å²) in [6.07, 6.45) is -10.0. The molecule has 0 aliphatic carbocycles. The number of hydrogen-bond acceptors (Lipinski definition) is 5. The number of nitrogen functional groups attached to an aromatic ring is 1. The minimum atomic E-state index is -4.95. The quantitative estimate of drug-likeness (QED) is 0.399. The number of benzene rings is 2. The molecule has 13 heteroatoms. The Morgan fingerprint density at radius 3 is 2.22 bits per heavy atom. The number of rotatable bonds is 6. The number of nitrogens with two attached hydrogens (primary N) is 1. The minimum absolute atomic E-state index is 0.0406. The standard InChI is InChI=1S/C24H25F6N5O2/c1-14(15-9-17(23(25,26)27)11-18(10-15)24(28,29)30)37-13-22(16-5-3-2-4-6-16)8-7-19(12-32-22)35-20(31)33-34-21(35)36/h2-6,9-11,14,19,32H,7-8,12-13H2,1H3,(H2,31,33)(H,34,36)/t14-,19+,22-/m1/s1. The number of anilines is 1. The molecule has 1 aliphatic heterocycles.